The number of hydrogen-bond acceptors (Lipinski definition) is 4. The Hall–Kier alpha value is -2.05. The van der Waals surface area contributed by atoms with Crippen molar-refractivity contribution in [2.45, 2.75) is 38.6 Å². The van der Waals surface area contributed by atoms with Gasteiger partial charge in [0.1, 0.15) is 5.75 Å². The molecular formula is C22H25BrClN3O2. The fourth-order valence-electron chi connectivity index (χ4n) is 3.78. The fourth-order valence-corrected chi connectivity index (χ4v) is 4.35. The molecule has 1 amide bonds. The van der Waals surface area contributed by atoms with Gasteiger partial charge in [-0.1, -0.05) is 34.5 Å². The second kappa shape index (κ2) is 8.36. The van der Waals surface area contributed by atoms with Crippen molar-refractivity contribution in [2.75, 3.05) is 19.1 Å². The van der Waals surface area contributed by atoms with Crippen LogP contribution in [0.5, 0.6) is 5.75 Å². The fraction of sp³-hybridized carbons (Fsp3) is 0.364. The molecule has 1 aliphatic heterocycles. The average Bonchev–Trinajstić information content (AvgIpc) is 2.66. The van der Waals surface area contributed by atoms with Gasteiger partial charge >= 0.3 is 0 Å². The van der Waals surface area contributed by atoms with Gasteiger partial charge in [0, 0.05) is 28.3 Å². The molecule has 1 heterocycles. The van der Waals surface area contributed by atoms with Crippen molar-refractivity contribution in [3.63, 3.8) is 0 Å². The van der Waals surface area contributed by atoms with E-state index >= 15 is 0 Å². The number of anilines is 1. The van der Waals surface area contributed by atoms with E-state index in [9.17, 15) is 4.79 Å². The lowest BCUT2D eigenvalue weighted by Gasteiger charge is -2.45. The summed E-state index contributed by atoms with van der Waals surface area (Å²) < 4.78 is 6.03. The van der Waals surface area contributed by atoms with E-state index < -0.39 is 0 Å². The zero-order valence-corrected chi connectivity index (χ0v) is 19.6. The first kappa shape index (κ1) is 21.7. The standard InChI is InChI=1S/C22H25BrClN3O2/c1-13-11-22(2,3)27(4)19-10-18(24)14(8-16(13)19)12-25-26-21(28)17-9-15(23)6-7-20(17)29-5/h6-10,12-13H,11H2,1-5H3,(H,26,28)/b25-12-/t13-/m1/s1. The third kappa shape index (κ3) is 4.43. The number of ether oxygens (including phenoxy) is 1. The average molecular weight is 479 g/mol. The number of benzene rings is 2. The molecule has 2 aromatic rings. The smallest absolute Gasteiger partial charge is 0.275 e. The molecule has 0 spiro atoms. The molecule has 0 aromatic heterocycles. The van der Waals surface area contributed by atoms with E-state index in [-0.39, 0.29) is 11.4 Å². The number of rotatable bonds is 4. The van der Waals surface area contributed by atoms with Gasteiger partial charge in [-0.2, -0.15) is 5.10 Å². The van der Waals surface area contributed by atoms with Crippen molar-refractivity contribution in [2.24, 2.45) is 5.10 Å². The maximum atomic E-state index is 12.5. The number of nitrogens with one attached hydrogen (secondary N) is 1. The number of carbonyl (C=O) groups excluding carboxylic acids is 1. The van der Waals surface area contributed by atoms with E-state index in [0.717, 1.165) is 22.1 Å². The lowest BCUT2D eigenvalue weighted by atomic mass is 9.80. The van der Waals surface area contributed by atoms with Gasteiger partial charge in [-0.05, 0) is 62.1 Å². The van der Waals surface area contributed by atoms with Crippen LogP contribution in [0.1, 0.15) is 54.6 Å². The molecule has 29 heavy (non-hydrogen) atoms. The molecule has 0 saturated carbocycles. The summed E-state index contributed by atoms with van der Waals surface area (Å²) >= 11 is 9.88. The molecule has 5 nitrogen and oxygen atoms in total. The van der Waals surface area contributed by atoms with Crippen molar-refractivity contribution >= 4 is 45.3 Å². The Kier molecular flexibility index (Phi) is 6.24. The van der Waals surface area contributed by atoms with E-state index in [1.54, 1.807) is 18.3 Å². The molecule has 1 N–H and O–H groups in total. The minimum absolute atomic E-state index is 0.0718. The summed E-state index contributed by atoms with van der Waals surface area (Å²) in [6.07, 6.45) is 2.63. The molecule has 0 bridgehead atoms. The Morgan fingerprint density at radius 3 is 2.79 bits per heavy atom. The van der Waals surface area contributed by atoms with Gasteiger partial charge in [-0.3, -0.25) is 4.79 Å². The summed E-state index contributed by atoms with van der Waals surface area (Å²) in [4.78, 5) is 14.8. The Labute approximate surface area is 185 Å². The minimum atomic E-state index is -0.358. The predicted octanol–water partition coefficient (Wildman–Crippen LogP) is 5.60. The van der Waals surface area contributed by atoms with E-state index in [4.69, 9.17) is 16.3 Å². The summed E-state index contributed by atoms with van der Waals surface area (Å²) in [6.45, 7) is 6.70. The van der Waals surface area contributed by atoms with Crippen molar-refractivity contribution in [3.8, 4) is 5.75 Å². The van der Waals surface area contributed by atoms with Crippen LogP contribution in [0.4, 0.5) is 5.69 Å². The third-order valence-electron chi connectivity index (χ3n) is 5.53. The molecule has 0 fully saturated rings. The molecule has 7 heteroatoms. The number of nitrogens with zero attached hydrogens (tertiary/aromatic N) is 2. The zero-order valence-electron chi connectivity index (χ0n) is 17.2. The minimum Gasteiger partial charge on any atom is -0.496 e. The summed E-state index contributed by atoms with van der Waals surface area (Å²) in [6, 6.07) is 9.26. The highest BCUT2D eigenvalue weighted by Crippen LogP contribution is 2.44. The SMILES string of the molecule is COc1ccc(Br)cc1C(=O)N/N=C\c1cc2c(cc1Cl)N(C)C(C)(C)C[C@H]2C. The van der Waals surface area contributed by atoms with Gasteiger partial charge in [-0.25, -0.2) is 5.43 Å². The Morgan fingerprint density at radius 1 is 1.38 bits per heavy atom. The number of methoxy groups -OCH3 is 1. The first-order valence-corrected chi connectivity index (χ1v) is 10.6. The first-order valence-electron chi connectivity index (χ1n) is 9.38. The molecule has 1 aliphatic rings. The number of amides is 1. The van der Waals surface area contributed by atoms with Gasteiger partial charge in [0.2, 0.25) is 0 Å². The molecule has 0 unspecified atom stereocenters. The third-order valence-corrected chi connectivity index (χ3v) is 6.35. The molecule has 2 aromatic carbocycles. The Balaban J connectivity index is 1.83. The van der Waals surface area contributed by atoms with Crippen molar-refractivity contribution in [1.82, 2.24) is 5.43 Å². The highest BCUT2D eigenvalue weighted by atomic mass is 79.9. The van der Waals surface area contributed by atoms with Crippen LogP contribution < -0.4 is 15.1 Å². The normalized spacial score (nSPS) is 17.9. The van der Waals surface area contributed by atoms with Crippen molar-refractivity contribution < 1.29 is 9.53 Å². The summed E-state index contributed by atoms with van der Waals surface area (Å²) in [7, 11) is 3.62. The number of fused-ring (bicyclic) bond motifs is 1. The highest BCUT2D eigenvalue weighted by molar-refractivity contribution is 9.10. The van der Waals surface area contributed by atoms with Crippen LogP contribution in [-0.4, -0.2) is 31.8 Å². The molecule has 1 atom stereocenters. The van der Waals surface area contributed by atoms with Crippen LogP contribution in [0.2, 0.25) is 5.02 Å². The van der Waals surface area contributed by atoms with Crippen LogP contribution in [0.15, 0.2) is 39.9 Å². The quantitative estimate of drug-likeness (QED) is 0.460. The largest absolute Gasteiger partial charge is 0.496 e. The zero-order chi connectivity index (χ0) is 21.3. The Bertz CT molecular complexity index is 975. The molecule has 3 rings (SSSR count). The number of hydrogen-bond donors (Lipinski definition) is 1. The topological polar surface area (TPSA) is 53.9 Å². The van der Waals surface area contributed by atoms with Crippen LogP contribution in [0.25, 0.3) is 0 Å². The highest BCUT2D eigenvalue weighted by Gasteiger charge is 2.34. The molecule has 0 saturated heterocycles. The van der Waals surface area contributed by atoms with Crippen LogP contribution in [0, 0.1) is 0 Å². The van der Waals surface area contributed by atoms with Gasteiger partial charge in [0.05, 0.1) is 23.9 Å². The van der Waals surface area contributed by atoms with E-state index in [1.807, 2.05) is 12.1 Å². The van der Waals surface area contributed by atoms with Crippen molar-refractivity contribution in [3.05, 3.63) is 56.5 Å². The van der Waals surface area contributed by atoms with Gasteiger partial charge in [0.15, 0.2) is 0 Å². The van der Waals surface area contributed by atoms with E-state index in [2.05, 4.69) is 65.2 Å². The number of halogens is 2. The van der Waals surface area contributed by atoms with Crippen LogP contribution >= 0.6 is 27.5 Å². The van der Waals surface area contributed by atoms with Gasteiger partial charge < -0.3 is 9.64 Å². The second-order valence-corrected chi connectivity index (χ2v) is 9.28. The molecule has 154 valence electrons. The molecule has 0 aliphatic carbocycles. The monoisotopic (exact) mass is 477 g/mol. The second-order valence-electron chi connectivity index (χ2n) is 7.95. The van der Waals surface area contributed by atoms with Crippen LogP contribution in [-0.2, 0) is 0 Å². The Morgan fingerprint density at radius 2 is 2.10 bits per heavy atom. The predicted molar refractivity (Wildman–Crippen MR) is 123 cm³/mol. The van der Waals surface area contributed by atoms with Gasteiger partial charge in [-0.15, -0.1) is 0 Å². The summed E-state index contributed by atoms with van der Waals surface area (Å²) in [5.41, 5.74) is 6.16. The van der Waals surface area contributed by atoms with Crippen molar-refractivity contribution in [1.29, 1.82) is 0 Å². The maximum absolute atomic E-state index is 12.5. The lowest BCUT2D eigenvalue weighted by molar-refractivity contribution is 0.0952. The van der Waals surface area contributed by atoms with Crippen LogP contribution in [0.3, 0.4) is 0 Å². The number of carbonyl (C=O) groups is 1. The maximum Gasteiger partial charge on any atom is 0.275 e. The van der Waals surface area contributed by atoms with E-state index in [0.29, 0.717) is 22.3 Å². The number of hydrazone groups is 1. The summed E-state index contributed by atoms with van der Waals surface area (Å²) in [5, 5.41) is 4.71. The van der Waals surface area contributed by atoms with Gasteiger partial charge in [0.25, 0.3) is 5.91 Å². The molecule has 0 radical (unpaired) electrons. The first-order chi connectivity index (χ1) is 13.6. The summed E-state index contributed by atoms with van der Waals surface area (Å²) in [5.74, 6) is 0.525. The lowest BCUT2D eigenvalue weighted by Crippen LogP contribution is -2.45. The van der Waals surface area contributed by atoms with E-state index in [1.165, 1.54) is 12.7 Å². The molecular weight excluding hydrogens is 454 g/mol.